The van der Waals surface area contributed by atoms with E-state index in [0.29, 0.717) is 35.7 Å². The number of nitrogens with two attached hydrogens (primary N) is 1. The van der Waals surface area contributed by atoms with E-state index in [4.69, 9.17) is 5.73 Å². The van der Waals surface area contributed by atoms with Crippen molar-refractivity contribution in [2.24, 2.45) is 17.6 Å². The summed E-state index contributed by atoms with van der Waals surface area (Å²) in [6, 6.07) is 1.77. The molecule has 0 radical (unpaired) electrons. The van der Waals surface area contributed by atoms with Gasteiger partial charge in [0, 0.05) is 24.5 Å². The Labute approximate surface area is 132 Å². The largest absolute Gasteiger partial charge is 0.326 e. The molecule has 1 aliphatic heterocycles. The number of aryl methyl sites for hydroxylation is 1. The zero-order chi connectivity index (χ0) is 15.6. The smallest absolute Gasteiger partial charge is 0.252 e. The lowest BCUT2D eigenvalue weighted by molar-refractivity contribution is 0.341. The van der Waals surface area contributed by atoms with Crippen LogP contribution in [0.15, 0.2) is 10.3 Å². The minimum atomic E-state index is -3.35. The normalized spacial score (nSPS) is 21.7. The molecule has 1 aliphatic rings. The van der Waals surface area contributed by atoms with Crippen LogP contribution in [0.3, 0.4) is 0 Å². The Morgan fingerprint density at radius 3 is 2.67 bits per heavy atom. The van der Waals surface area contributed by atoms with Crippen LogP contribution in [0.25, 0.3) is 0 Å². The third-order valence-corrected chi connectivity index (χ3v) is 8.06. The lowest BCUT2D eigenvalue weighted by atomic mass is 9.89. The first-order chi connectivity index (χ1) is 9.86. The summed E-state index contributed by atoms with van der Waals surface area (Å²) in [7, 11) is -3.35. The van der Waals surface area contributed by atoms with Crippen LogP contribution in [-0.2, 0) is 16.6 Å². The number of sulfonamides is 1. The Kier molecular flexibility index (Phi) is 5.46. The fourth-order valence-electron chi connectivity index (χ4n) is 2.95. The number of hydrogen-bond acceptors (Lipinski definition) is 4. The minimum absolute atomic E-state index is 0.404. The highest BCUT2D eigenvalue weighted by molar-refractivity contribution is 7.91. The van der Waals surface area contributed by atoms with Gasteiger partial charge in [0.15, 0.2) is 0 Å². The lowest BCUT2D eigenvalue weighted by Crippen LogP contribution is -2.31. The zero-order valence-electron chi connectivity index (χ0n) is 13.1. The van der Waals surface area contributed by atoms with Crippen molar-refractivity contribution in [2.75, 3.05) is 13.1 Å². The Hall–Kier alpha value is -0.430. The summed E-state index contributed by atoms with van der Waals surface area (Å²) in [5, 5.41) is 0. The van der Waals surface area contributed by atoms with E-state index in [1.165, 1.54) is 11.3 Å². The molecule has 1 unspecified atom stereocenters. The number of nitrogens with zero attached hydrogens (tertiary/aromatic N) is 1. The van der Waals surface area contributed by atoms with Gasteiger partial charge in [-0.3, -0.25) is 0 Å². The van der Waals surface area contributed by atoms with Gasteiger partial charge in [0.1, 0.15) is 4.21 Å². The molecule has 1 atom stereocenters. The highest BCUT2D eigenvalue weighted by Gasteiger charge is 2.30. The summed E-state index contributed by atoms with van der Waals surface area (Å²) >= 11 is 1.32. The maximum Gasteiger partial charge on any atom is 0.252 e. The number of rotatable bonds is 4. The fraction of sp³-hybridized carbons (Fsp3) is 0.733. The molecule has 120 valence electrons. The van der Waals surface area contributed by atoms with Gasteiger partial charge in [0.25, 0.3) is 10.0 Å². The maximum absolute atomic E-state index is 12.8. The van der Waals surface area contributed by atoms with E-state index in [2.05, 4.69) is 13.8 Å². The molecule has 2 N–H and O–H groups in total. The molecule has 0 amide bonds. The van der Waals surface area contributed by atoms with Crippen LogP contribution < -0.4 is 5.73 Å². The van der Waals surface area contributed by atoms with Gasteiger partial charge < -0.3 is 5.73 Å². The summed E-state index contributed by atoms with van der Waals surface area (Å²) < 4.78 is 27.7. The van der Waals surface area contributed by atoms with Crippen molar-refractivity contribution in [3.05, 3.63) is 16.5 Å². The topological polar surface area (TPSA) is 63.4 Å². The van der Waals surface area contributed by atoms with Crippen LogP contribution in [0.1, 0.15) is 43.6 Å². The first-order valence-corrected chi connectivity index (χ1v) is 9.91. The molecule has 1 aromatic rings. The molecule has 1 fully saturated rings. The Balaban J connectivity index is 2.19. The molecule has 0 saturated carbocycles. The van der Waals surface area contributed by atoms with Crippen molar-refractivity contribution < 1.29 is 8.42 Å². The Morgan fingerprint density at radius 1 is 1.38 bits per heavy atom. The van der Waals surface area contributed by atoms with Crippen molar-refractivity contribution in [3.63, 3.8) is 0 Å². The van der Waals surface area contributed by atoms with E-state index in [1.54, 1.807) is 10.4 Å². The molecular weight excluding hydrogens is 304 g/mol. The van der Waals surface area contributed by atoms with Crippen molar-refractivity contribution in [1.82, 2.24) is 4.31 Å². The molecule has 2 heterocycles. The molecule has 1 aromatic heterocycles. The van der Waals surface area contributed by atoms with Gasteiger partial charge in [-0.25, -0.2) is 8.42 Å². The third kappa shape index (κ3) is 3.67. The molecule has 0 aromatic carbocycles. The maximum atomic E-state index is 12.8. The second-order valence-electron chi connectivity index (χ2n) is 6.21. The summed E-state index contributed by atoms with van der Waals surface area (Å²) in [5.74, 6) is 1.26. The first kappa shape index (κ1) is 16.9. The second-order valence-corrected chi connectivity index (χ2v) is 9.52. The van der Waals surface area contributed by atoms with Crippen LogP contribution >= 0.6 is 11.3 Å². The minimum Gasteiger partial charge on any atom is -0.326 e. The van der Waals surface area contributed by atoms with E-state index in [9.17, 15) is 8.42 Å². The Bertz CT molecular complexity index is 578. The average Bonchev–Trinajstić information content (AvgIpc) is 2.65. The summed E-state index contributed by atoms with van der Waals surface area (Å²) in [4.78, 5) is 0.962. The summed E-state index contributed by atoms with van der Waals surface area (Å²) in [6.45, 7) is 8.06. The van der Waals surface area contributed by atoms with Gasteiger partial charge in [-0.15, -0.1) is 11.3 Å². The molecule has 4 nitrogen and oxygen atoms in total. The van der Waals surface area contributed by atoms with Crippen LogP contribution in [-0.4, -0.2) is 25.8 Å². The van der Waals surface area contributed by atoms with Crippen LogP contribution in [0, 0.1) is 18.8 Å². The molecular formula is C15H26N2O2S2. The van der Waals surface area contributed by atoms with E-state index < -0.39 is 10.0 Å². The summed E-state index contributed by atoms with van der Waals surface area (Å²) in [6.07, 6.45) is 3.04. The van der Waals surface area contributed by atoms with E-state index >= 15 is 0 Å². The van der Waals surface area contributed by atoms with Gasteiger partial charge in [-0.05, 0) is 49.7 Å². The second kappa shape index (κ2) is 6.77. The molecule has 21 heavy (non-hydrogen) atoms. The predicted octanol–water partition coefficient (Wildman–Crippen LogP) is 2.96. The SMILES string of the molecule is Cc1cc(S(=O)(=O)N2CCCC(C(C)C)CC2)sc1CN. The van der Waals surface area contributed by atoms with Gasteiger partial charge in [0.2, 0.25) is 0 Å². The standard InChI is InChI=1S/C15H26N2O2S2/c1-11(2)13-5-4-7-17(8-6-13)21(18,19)15-9-12(3)14(10-16)20-15/h9,11,13H,4-8,10,16H2,1-3H3. The summed E-state index contributed by atoms with van der Waals surface area (Å²) in [5.41, 5.74) is 6.65. The van der Waals surface area contributed by atoms with Crippen LogP contribution in [0.2, 0.25) is 0 Å². The lowest BCUT2D eigenvalue weighted by Gasteiger charge is -2.20. The highest BCUT2D eigenvalue weighted by Crippen LogP contribution is 2.31. The Morgan fingerprint density at radius 2 is 2.10 bits per heavy atom. The van der Waals surface area contributed by atoms with Gasteiger partial charge in [-0.1, -0.05) is 13.8 Å². The van der Waals surface area contributed by atoms with Gasteiger partial charge in [0.05, 0.1) is 0 Å². The molecule has 1 saturated heterocycles. The highest BCUT2D eigenvalue weighted by atomic mass is 32.2. The van der Waals surface area contributed by atoms with E-state index in [0.717, 1.165) is 29.7 Å². The molecule has 0 aliphatic carbocycles. The van der Waals surface area contributed by atoms with Crippen molar-refractivity contribution >= 4 is 21.4 Å². The predicted molar refractivity (Wildman–Crippen MR) is 87.9 cm³/mol. The van der Waals surface area contributed by atoms with Gasteiger partial charge in [-0.2, -0.15) is 4.31 Å². The molecule has 0 spiro atoms. The number of hydrogen-bond donors (Lipinski definition) is 1. The van der Waals surface area contributed by atoms with Crippen LogP contribution in [0.4, 0.5) is 0 Å². The molecule has 6 heteroatoms. The van der Waals surface area contributed by atoms with Crippen molar-refractivity contribution in [2.45, 2.75) is 50.8 Å². The third-order valence-electron chi connectivity index (χ3n) is 4.45. The van der Waals surface area contributed by atoms with E-state index in [-0.39, 0.29) is 0 Å². The monoisotopic (exact) mass is 330 g/mol. The number of thiophene rings is 1. The van der Waals surface area contributed by atoms with Gasteiger partial charge >= 0.3 is 0 Å². The quantitative estimate of drug-likeness (QED) is 0.923. The molecule has 0 bridgehead atoms. The first-order valence-electron chi connectivity index (χ1n) is 7.65. The fourth-order valence-corrected chi connectivity index (χ4v) is 6.06. The van der Waals surface area contributed by atoms with Crippen molar-refractivity contribution in [3.8, 4) is 0 Å². The zero-order valence-corrected chi connectivity index (χ0v) is 14.8. The molecule has 2 rings (SSSR count). The van der Waals surface area contributed by atoms with Crippen LogP contribution in [0.5, 0.6) is 0 Å². The van der Waals surface area contributed by atoms with E-state index in [1.807, 2.05) is 6.92 Å². The average molecular weight is 331 g/mol. The van der Waals surface area contributed by atoms with Crippen molar-refractivity contribution in [1.29, 1.82) is 0 Å².